The zero-order chi connectivity index (χ0) is 20.4. The molecule has 0 spiro atoms. The SMILES string of the molecule is Cc1cccc(-c2ccc(C(=O)N(C)C[C@H]3COc4ccccc4O3)cn2)c1C. The number of nitrogens with zero attached hydrogens (tertiary/aromatic N) is 2. The minimum atomic E-state index is -0.207. The third-order valence-corrected chi connectivity index (χ3v) is 5.28. The summed E-state index contributed by atoms with van der Waals surface area (Å²) in [5.41, 5.74) is 4.93. The summed E-state index contributed by atoms with van der Waals surface area (Å²) in [7, 11) is 1.77. The van der Waals surface area contributed by atoms with Crippen molar-refractivity contribution in [2.75, 3.05) is 20.2 Å². The highest BCUT2D eigenvalue weighted by Gasteiger charge is 2.24. The van der Waals surface area contributed by atoms with Gasteiger partial charge in [0.25, 0.3) is 5.91 Å². The molecule has 4 rings (SSSR count). The van der Waals surface area contributed by atoms with Crippen LogP contribution < -0.4 is 9.47 Å². The molecule has 0 radical (unpaired) electrons. The number of aromatic nitrogens is 1. The monoisotopic (exact) mass is 388 g/mol. The van der Waals surface area contributed by atoms with Crippen molar-refractivity contribution in [3.63, 3.8) is 0 Å². The number of hydrogen-bond donors (Lipinski definition) is 0. The number of fused-ring (bicyclic) bond motifs is 1. The predicted octanol–water partition coefficient (Wildman–Crippen LogP) is 4.28. The van der Waals surface area contributed by atoms with Crippen molar-refractivity contribution in [3.05, 3.63) is 77.5 Å². The molecule has 1 aliphatic rings. The molecule has 0 aliphatic carbocycles. The lowest BCUT2D eigenvalue weighted by Gasteiger charge is -2.29. The molecule has 1 aromatic heterocycles. The van der Waals surface area contributed by atoms with E-state index in [0.717, 1.165) is 17.0 Å². The molecule has 0 saturated heterocycles. The highest BCUT2D eigenvalue weighted by Crippen LogP contribution is 2.31. The summed E-state index contributed by atoms with van der Waals surface area (Å²) >= 11 is 0. The van der Waals surface area contributed by atoms with E-state index < -0.39 is 0 Å². The van der Waals surface area contributed by atoms with E-state index in [4.69, 9.17) is 9.47 Å². The number of pyridine rings is 1. The van der Waals surface area contributed by atoms with Crippen molar-refractivity contribution in [2.45, 2.75) is 20.0 Å². The number of likely N-dealkylation sites (N-methyl/N-ethyl adjacent to an activating group) is 1. The van der Waals surface area contributed by atoms with Gasteiger partial charge in [0.2, 0.25) is 0 Å². The van der Waals surface area contributed by atoms with Gasteiger partial charge >= 0.3 is 0 Å². The molecule has 2 aromatic carbocycles. The highest BCUT2D eigenvalue weighted by molar-refractivity contribution is 5.94. The van der Waals surface area contributed by atoms with E-state index in [-0.39, 0.29) is 12.0 Å². The van der Waals surface area contributed by atoms with Crippen LogP contribution in [-0.2, 0) is 0 Å². The largest absolute Gasteiger partial charge is 0.486 e. The maximum absolute atomic E-state index is 12.8. The Morgan fingerprint density at radius 3 is 2.62 bits per heavy atom. The number of rotatable bonds is 4. The normalized spacial score (nSPS) is 15.1. The standard InChI is InChI=1S/C24H24N2O3/c1-16-7-6-8-20(17(16)2)21-12-11-18(13-25-21)24(27)26(3)14-19-15-28-22-9-4-5-10-23(22)29-19/h4-13,19H,14-15H2,1-3H3/t19-/m0/s1. The van der Waals surface area contributed by atoms with Crippen LogP contribution >= 0.6 is 0 Å². The fourth-order valence-corrected chi connectivity index (χ4v) is 3.47. The number of benzene rings is 2. The van der Waals surface area contributed by atoms with Crippen LogP contribution in [0.15, 0.2) is 60.8 Å². The van der Waals surface area contributed by atoms with Gasteiger partial charge in [-0.2, -0.15) is 0 Å². The molecular weight excluding hydrogens is 364 g/mol. The minimum Gasteiger partial charge on any atom is -0.486 e. The minimum absolute atomic E-state index is 0.0903. The van der Waals surface area contributed by atoms with Crippen molar-refractivity contribution in [2.24, 2.45) is 0 Å². The summed E-state index contributed by atoms with van der Waals surface area (Å²) in [6, 6.07) is 17.5. The third-order valence-electron chi connectivity index (χ3n) is 5.28. The average molecular weight is 388 g/mol. The number of hydrogen-bond acceptors (Lipinski definition) is 4. The van der Waals surface area contributed by atoms with Crippen LogP contribution in [0.25, 0.3) is 11.3 Å². The number of para-hydroxylation sites is 2. The lowest BCUT2D eigenvalue weighted by Crippen LogP contribution is -2.41. The van der Waals surface area contributed by atoms with Crippen molar-refractivity contribution in [3.8, 4) is 22.8 Å². The molecule has 0 saturated carbocycles. The second kappa shape index (κ2) is 7.95. The van der Waals surface area contributed by atoms with Crippen molar-refractivity contribution in [1.82, 2.24) is 9.88 Å². The molecule has 1 aliphatic heterocycles. The van der Waals surface area contributed by atoms with Gasteiger partial charge in [-0.25, -0.2) is 0 Å². The summed E-state index contributed by atoms with van der Waals surface area (Å²) in [5, 5.41) is 0. The van der Waals surface area contributed by atoms with E-state index in [0.29, 0.717) is 24.5 Å². The van der Waals surface area contributed by atoms with E-state index >= 15 is 0 Å². The first-order valence-electron chi connectivity index (χ1n) is 9.69. The average Bonchev–Trinajstić information content (AvgIpc) is 2.75. The number of ether oxygens (including phenoxy) is 2. The maximum Gasteiger partial charge on any atom is 0.255 e. The van der Waals surface area contributed by atoms with Gasteiger partial charge in [-0.15, -0.1) is 0 Å². The highest BCUT2D eigenvalue weighted by atomic mass is 16.6. The fraction of sp³-hybridized carbons (Fsp3) is 0.250. The van der Waals surface area contributed by atoms with E-state index in [9.17, 15) is 4.79 Å². The van der Waals surface area contributed by atoms with E-state index in [1.807, 2.05) is 42.5 Å². The van der Waals surface area contributed by atoms with Gasteiger partial charge in [-0.1, -0.05) is 30.3 Å². The number of carbonyl (C=O) groups is 1. The Balaban J connectivity index is 1.43. The van der Waals surface area contributed by atoms with Gasteiger partial charge in [-0.3, -0.25) is 9.78 Å². The Morgan fingerprint density at radius 2 is 1.86 bits per heavy atom. The van der Waals surface area contributed by atoms with E-state index in [1.165, 1.54) is 11.1 Å². The van der Waals surface area contributed by atoms with Crippen LogP contribution in [0.3, 0.4) is 0 Å². The number of amides is 1. The van der Waals surface area contributed by atoms with Gasteiger partial charge in [-0.05, 0) is 49.2 Å². The van der Waals surface area contributed by atoms with E-state index in [2.05, 4.69) is 31.0 Å². The predicted molar refractivity (Wildman–Crippen MR) is 112 cm³/mol. The van der Waals surface area contributed by atoms with Crippen LogP contribution in [0, 0.1) is 13.8 Å². The Hall–Kier alpha value is -3.34. The molecule has 0 unspecified atom stereocenters. The molecule has 5 heteroatoms. The summed E-state index contributed by atoms with van der Waals surface area (Å²) < 4.78 is 11.7. The molecule has 1 amide bonds. The first-order chi connectivity index (χ1) is 14.0. The van der Waals surface area contributed by atoms with Crippen molar-refractivity contribution in [1.29, 1.82) is 0 Å². The lowest BCUT2D eigenvalue weighted by atomic mass is 10.0. The maximum atomic E-state index is 12.8. The number of carbonyl (C=O) groups excluding carboxylic acids is 1. The van der Waals surface area contributed by atoms with Crippen LogP contribution in [-0.4, -0.2) is 42.1 Å². The molecule has 0 fully saturated rings. The van der Waals surface area contributed by atoms with Gasteiger partial charge in [0.05, 0.1) is 17.8 Å². The first-order valence-corrected chi connectivity index (χ1v) is 9.69. The van der Waals surface area contributed by atoms with Gasteiger partial charge in [0.15, 0.2) is 17.6 Å². The van der Waals surface area contributed by atoms with Crippen LogP contribution in [0.5, 0.6) is 11.5 Å². The van der Waals surface area contributed by atoms with Crippen molar-refractivity contribution >= 4 is 5.91 Å². The molecule has 3 aromatic rings. The molecule has 5 nitrogen and oxygen atoms in total. The molecule has 1 atom stereocenters. The summed E-state index contributed by atoms with van der Waals surface area (Å²) in [6.07, 6.45) is 1.43. The topological polar surface area (TPSA) is 51.7 Å². The molecule has 0 N–H and O–H groups in total. The molecule has 0 bridgehead atoms. The summed E-state index contributed by atoms with van der Waals surface area (Å²) in [5.74, 6) is 1.36. The second-order valence-electron chi connectivity index (χ2n) is 7.36. The molecule has 2 heterocycles. The van der Waals surface area contributed by atoms with Gasteiger partial charge < -0.3 is 14.4 Å². The zero-order valence-electron chi connectivity index (χ0n) is 16.9. The Labute approximate surface area is 170 Å². The van der Waals surface area contributed by atoms with Crippen LogP contribution in [0.1, 0.15) is 21.5 Å². The number of aryl methyl sites for hydroxylation is 1. The Morgan fingerprint density at radius 1 is 1.07 bits per heavy atom. The fourth-order valence-electron chi connectivity index (χ4n) is 3.47. The lowest BCUT2D eigenvalue weighted by molar-refractivity contribution is 0.0520. The Bertz CT molecular complexity index is 1030. The smallest absolute Gasteiger partial charge is 0.255 e. The van der Waals surface area contributed by atoms with Crippen LogP contribution in [0.2, 0.25) is 0 Å². The summed E-state index contributed by atoms with van der Waals surface area (Å²) in [6.45, 7) is 5.02. The molecule has 148 valence electrons. The van der Waals surface area contributed by atoms with E-state index in [1.54, 1.807) is 18.1 Å². The second-order valence-corrected chi connectivity index (χ2v) is 7.36. The van der Waals surface area contributed by atoms with Crippen LogP contribution in [0.4, 0.5) is 0 Å². The Kier molecular flexibility index (Phi) is 5.21. The first kappa shape index (κ1) is 19.0. The molecular formula is C24H24N2O3. The zero-order valence-corrected chi connectivity index (χ0v) is 16.9. The van der Waals surface area contributed by atoms with Crippen molar-refractivity contribution < 1.29 is 14.3 Å². The molecule has 29 heavy (non-hydrogen) atoms. The van der Waals surface area contributed by atoms with Gasteiger partial charge in [0.1, 0.15) is 6.61 Å². The third kappa shape index (κ3) is 3.94. The summed E-state index contributed by atoms with van der Waals surface area (Å²) in [4.78, 5) is 19.0. The van der Waals surface area contributed by atoms with Gasteiger partial charge in [0, 0.05) is 18.8 Å². The quantitative estimate of drug-likeness (QED) is 0.670.